The number of nitro groups is 1. The Morgan fingerprint density at radius 3 is 2.84 bits per heavy atom. The summed E-state index contributed by atoms with van der Waals surface area (Å²) < 4.78 is 10.9. The largest absolute Gasteiger partial charge is 0.493 e. The van der Waals surface area contributed by atoms with Crippen molar-refractivity contribution in [3.63, 3.8) is 0 Å². The summed E-state index contributed by atoms with van der Waals surface area (Å²) in [6, 6.07) is 4.80. The third kappa shape index (κ3) is 3.14. The van der Waals surface area contributed by atoms with E-state index >= 15 is 0 Å². The van der Waals surface area contributed by atoms with Crippen molar-refractivity contribution in [3.8, 4) is 11.5 Å². The van der Waals surface area contributed by atoms with E-state index in [1.54, 1.807) is 6.07 Å². The van der Waals surface area contributed by atoms with E-state index in [0.717, 1.165) is 13.0 Å². The quantitative estimate of drug-likeness (QED) is 0.603. The molecule has 6 heteroatoms. The normalized spacial score (nSPS) is 19.4. The van der Waals surface area contributed by atoms with E-state index in [-0.39, 0.29) is 5.69 Å². The molecule has 1 aliphatic heterocycles. The molecule has 2 rings (SSSR count). The van der Waals surface area contributed by atoms with Gasteiger partial charge >= 0.3 is 0 Å². The van der Waals surface area contributed by atoms with Crippen LogP contribution in [0.1, 0.15) is 12.8 Å². The van der Waals surface area contributed by atoms with E-state index in [1.807, 2.05) is 0 Å². The maximum atomic E-state index is 10.7. The molecule has 6 nitrogen and oxygen atoms in total. The van der Waals surface area contributed by atoms with Gasteiger partial charge in [-0.25, -0.2) is 0 Å². The molecule has 0 radical (unpaired) electrons. The van der Waals surface area contributed by atoms with E-state index in [4.69, 9.17) is 9.47 Å². The lowest BCUT2D eigenvalue weighted by atomic mass is 10.2. The van der Waals surface area contributed by atoms with E-state index in [1.165, 1.54) is 25.7 Å². The van der Waals surface area contributed by atoms with Crippen molar-refractivity contribution in [2.24, 2.45) is 0 Å². The fourth-order valence-corrected chi connectivity index (χ4v) is 2.26. The van der Waals surface area contributed by atoms with Gasteiger partial charge in [0.1, 0.15) is 6.61 Å². The highest BCUT2D eigenvalue weighted by Crippen LogP contribution is 2.31. The van der Waals surface area contributed by atoms with Gasteiger partial charge in [-0.05, 0) is 32.5 Å². The topological polar surface area (TPSA) is 64.8 Å². The number of rotatable bonds is 5. The van der Waals surface area contributed by atoms with Gasteiger partial charge in [-0.15, -0.1) is 0 Å². The predicted molar refractivity (Wildman–Crippen MR) is 70.8 cm³/mol. The van der Waals surface area contributed by atoms with Gasteiger partial charge in [0.15, 0.2) is 11.5 Å². The maximum absolute atomic E-state index is 10.7. The van der Waals surface area contributed by atoms with Gasteiger partial charge in [0.25, 0.3) is 5.69 Å². The third-order valence-corrected chi connectivity index (χ3v) is 3.46. The Balaban J connectivity index is 2.05. The minimum absolute atomic E-state index is 0.00202. The monoisotopic (exact) mass is 266 g/mol. The van der Waals surface area contributed by atoms with Crippen molar-refractivity contribution in [1.82, 2.24) is 4.90 Å². The fraction of sp³-hybridized carbons (Fsp3) is 0.538. The van der Waals surface area contributed by atoms with Crippen LogP contribution in [0.5, 0.6) is 11.5 Å². The molecule has 0 N–H and O–H groups in total. The van der Waals surface area contributed by atoms with Crippen molar-refractivity contribution in [1.29, 1.82) is 0 Å². The van der Waals surface area contributed by atoms with Crippen LogP contribution in [-0.4, -0.2) is 43.2 Å². The molecule has 0 amide bonds. The number of methoxy groups -OCH3 is 1. The summed E-state index contributed by atoms with van der Waals surface area (Å²) >= 11 is 0. The number of likely N-dealkylation sites (N-methyl/N-ethyl adjacent to an activating group) is 1. The minimum Gasteiger partial charge on any atom is -0.493 e. The molecule has 0 aromatic heterocycles. The van der Waals surface area contributed by atoms with Crippen molar-refractivity contribution in [2.45, 2.75) is 18.9 Å². The lowest BCUT2D eigenvalue weighted by Gasteiger charge is -2.20. The van der Waals surface area contributed by atoms with Crippen LogP contribution in [0.15, 0.2) is 18.2 Å². The molecule has 1 aromatic rings. The van der Waals surface area contributed by atoms with Gasteiger partial charge in [0.05, 0.1) is 18.1 Å². The van der Waals surface area contributed by atoms with E-state index in [2.05, 4.69) is 11.9 Å². The summed E-state index contributed by atoms with van der Waals surface area (Å²) in [5.74, 6) is 0.947. The first-order valence-electron chi connectivity index (χ1n) is 6.27. The molecule has 1 fully saturated rings. The number of hydrogen-bond acceptors (Lipinski definition) is 5. The lowest BCUT2D eigenvalue weighted by molar-refractivity contribution is -0.384. The molecular weight excluding hydrogens is 248 g/mol. The first-order valence-corrected chi connectivity index (χ1v) is 6.27. The molecule has 1 aromatic carbocycles. The second-order valence-corrected chi connectivity index (χ2v) is 4.68. The average molecular weight is 266 g/mol. The summed E-state index contributed by atoms with van der Waals surface area (Å²) in [5, 5.41) is 10.7. The van der Waals surface area contributed by atoms with Crippen molar-refractivity contribution in [2.75, 3.05) is 27.3 Å². The number of nitro benzene ring substituents is 1. The summed E-state index contributed by atoms with van der Waals surface area (Å²) in [6.07, 6.45) is 2.30. The Kier molecular flexibility index (Phi) is 4.21. The Morgan fingerprint density at radius 2 is 2.26 bits per heavy atom. The standard InChI is InChI=1S/C13H18N2O4/c1-14-7-3-4-11(14)9-19-12-6-5-10(15(16)17)8-13(12)18-2/h5-6,8,11H,3-4,7,9H2,1-2H3/t11-/m0/s1. The zero-order valence-electron chi connectivity index (χ0n) is 11.2. The Bertz CT molecular complexity index is 464. The van der Waals surface area contributed by atoms with Gasteiger partial charge in [0.2, 0.25) is 0 Å². The molecule has 0 saturated carbocycles. The summed E-state index contributed by atoms with van der Waals surface area (Å²) in [7, 11) is 3.56. The van der Waals surface area contributed by atoms with Crippen LogP contribution in [0.25, 0.3) is 0 Å². The maximum Gasteiger partial charge on any atom is 0.273 e. The number of likely N-dealkylation sites (tertiary alicyclic amines) is 1. The van der Waals surface area contributed by atoms with Crippen LogP contribution in [0.2, 0.25) is 0 Å². The highest BCUT2D eigenvalue weighted by Gasteiger charge is 2.22. The average Bonchev–Trinajstić information content (AvgIpc) is 2.81. The summed E-state index contributed by atoms with van der Waals surface area (Å²) in [4.78, 5) is 12.5. The smallest absolute Gasteiger partial charge is 0.273 e. The molecule has 0 bridgehead atoms. The predicted octanol–water partition coefficient (Wildman–Crippen LogP) is 2.08. The molecule has 0 spiro atoms. The Labute approximate surface area is 112 Å². The van der Waals surface area contributed by atoms with Crippen LogP contribution in [0, 0.1) is 10.1 Å². The van der Waals surface area contributed by atoms with Crippen LogP contribution < -0.4 is 9.47 Å². The first kappa shape index (κ1) is 13.6. The van der Waals surface area contributed by atoms with E-state index in [9.17, 15) is 10.1 Å². The molecule has 104 valence electrons. The van der Waals surface area contributed by atoms with Gasteiger partial charge < -0.3 is 14.4 Å². The summed E-state index contributed by atoms with van der Waals surface area (Å²) in [6.45, 7) is 1.66. The Hall–Kier alpha value is -1.82. The van der Waals surface area contributed by atoms with Gasteiger partial charge in [-0.1, -0.05) is 0 Å². The molecule has 1 saturated heterocycles. The van der Waals surface area contributed by atoms with Gasteiger partial charge in [-0.3, -0.25) is 10.1 Å². The molecule has 1 atom stereocenters. The SMILES string of the molecule is COc1cc([N+](=O)[O-])ccc1OC[C@@H]1CCCN1C. The highest BCUT2D eigenvalue weighted by molar-refractivity contribution is 5.48. The molecule has 1 heterocycles. The van der Waals surface area contributed by atoms with Crippen molar-refractivity contribution < 1.29 is 14.4 Å². The van der Waals surface area contributed by atoms with Gasteiger partial charge in [-0.2, -0.15) is 0 Å². The number of hydrogen-bond donors (Lipinski definition) is 0. The Morgan fingerprint density at radius 1 is 1.47 bits per heavy atom. The van der Waals surface area contributed by atoms with E-state index < -0.39 is 4.92 Å². The zero-order chi connectivity index (χ0) is 13.8. The van der Waals surface area contributed by atoms with E-state index in [0.29, 0.717) is 24.1 Å². The number of nitrogens with zero attached hydrogens (tertiary/aromatic N) is 2. The van der Waals surface area contributed by atoms with Crippen LogP contribution in [-0.2, 0) is 0 Å². The number of non-ortho nitro benzene ring substituents is 1. The van der Waals surface area contributed by atoms with Crippen LogP contribution in [0.4, 0.5) is 5.69 Å². The number of benzene rings is 1. The third-order valence-electron chi connectivity index (χ3n) is 3.46. The summed E-state index contributed by atoms with van der Waals surface area (Å²) in [5.41, 5.74) is 0.00202. The molecule has 1 aliphatic rings. The minimum atomic E-state index is -0.447. The second-order valence-electron chi connectivity index (χ2n) is 4.68. The second kappa shape index (κ2) is 5.88. The molecule has 0 aliphatic carbocycles. The van der Waals surface area contributed by atoms with Gasteiger partial charge in [0, 0.05) is 12.1 Å². The first-order chi connectivity index (χ1) is 9.11. The van der Waals surface area contributed by atoms with Crippen LogP contribution in [0.3, 0.4) is 0 Å². The number of ether oxygens (including phenoxy) is 2. The molecule has 0 unspecified atom stereocenters. The van der Waals surface area contributed by atoms with Crippen molar-refractivity contribution >= 4 is 5.69 Å². The van der Waals surface area contributed by atoms with Crippen molar-refractivity contribution in [3.05, 3.63) is 28.3 Å². The van der Waals surface area contributed by atoms with Crippen LogP contribution >= 0.6 is 0 Å². The lowest BCUT2D eigenvalue weighted by Crippen LogP contribution is -2.30. The zero-order valence-corrected chi connectivity index (χ0v) is 11.2. The highest BCUT2D eigenvalue weighted by atomic mass is 16.6. The fourth-order valence-electron chi connectivity index (χ4n) is 2.26. The molecular formula is C13H18N2O4. The molecule has 19 heavy (non-hydrogen) atoms.